The summed E-state index contributed by atoms with van der Waals surface area (Å²) in [7, 11) is 0. The second-order valence-corrected chi connectivity index (χ2v) is 4.82. The number of carboxylic acids is 1. The number of nitrogens with one attached hydrogen (secondary N) is 1. The maximum absolute atomic E-state index is 12.1. The minimum absolute atomic E-state index is 0.0281. The van der Waals surface area contributed by atoms with Crippen LogP contribution in [0, 0.1) is 0 Å². The molecule has 0 radical (unpaired) electrons. The van der Waals surface area contributed by atoms with Crippen molar-refractivity contribution < 1.29 is 24.3 Å². The van der Waals surface area contributed by atoms with E-state index in [4.69, 9.17) is 5.11 Å². The van der Waals surface area contributed by atoms with E-state index in [1.54, 1.807) is 13.8 Å². The molecule has 1 aliphatic rings. The van der Waals surface area contributed by atoms with Gasteiger partial charge in [0.25, 0.3) is 5.91 Å². The van der Waals surface area contributed by atoms with E-state index in [0.29, 0.717) is 6.42 Å². The molecule has 112 valence electrons. The van der Waals surface area contributed by atoms with Crippen LogP contribution in [-0.2, 0) is 14.4 Å². The number of hydrogen-bond donors (Lipinski definition) is 2. The number of hydrogen-bond acceptors (Lipinski definition) is 4. The van der Waals surface area contributed by atoms with E-state index in [0.717, 1.165) is 4.90 Å². The molecular formula is C12H19N3O5. The number of carboxylic acid groups (broad SMARTS) is 1. The summed E-state index contributed by atoms with van der Waals surface area (Å²) in [5.41, 5.74) is 0. The van der Waals surface area contributed by atoms with Crippen molar-refractivity contribution in [1.29, 1.82) is 0 Å². The number of carbonyl (C=O) groups is 4. The zero-order valence-corrected chi connectivity index (χ0v) is 11.6. The van der Waals surface area contributed by atoms with Crippen molar-refractivity contribution in [3.63, 3.8) is 0 Å². The van der Waals surface area contributed by atoms with Crippen LogP contribution in [0.2, 0.25) is 0 Å². The Hall–Kier alpha value is -2.12. The zero-order chi connectivity index (χ0) is 15.3. The van der Waals surface area contributed by atoms with Gasteiger partial charge in [-0.05, 0) is 20.3 Å². The third-order valence-corrected chi connectivity index (χ3v) is 2.96. The molecule has 8 heteroatoms. The average Bonchev–Trinajstić information content (AvgIpc) is 2.65. The summed E-state index contributed by atoms with van der Waals surface area (Å²) in [5, 5.41) is 10.9. The van der Waals surface area contributed by atoms with Crippen LogP contribution in [-0.4, -0.2) is 64.4 Å². The molecule has 20 heavy (non-hydrogen) atoms. The highest BCUT2D eigenvalue weighted by Crippen LogP contribution is 2.06. The molecule has 1 aliphatic heterocycles. The standard InChI is InChI=1S/C12H19N3O5/c1-8(2)14(5-3-4-11(18)19)10(17)7-15-9(16)6-13-12(15)20/h8H,3-7H2,1-2H3,(H,13,20)(H,18,19). The molecule has 0 aromatic rings. The third kappa shape index (κ3) is 4.22. The SMILES string of the molecule is CC(C)N(CCCC(=O)O)C(=O)CN1C(=O)CNC1=O. The van der Waals surface area contributed by atoms with Crippen LogP contribution in [0.25, 0.3) is 0 Å². The van der Waals surface area contributed by atoms with Gasteiger partial charge in [0.2, 0.25) is 5.91 Å². The van der Waals surface area contributed by atoms with Crippen molar-refractivity contribution in [2.24, 2.45) is 0 Å². The Morgan fingerprint density at radius 1 is 1.40 bits per heavy atom. The first-order valence-corrected chi connectivity index (χ1v) is 6.42. The first-order chi connectivity index (χ1) is 9.32. The summed E-state index contributed by atoms with van der Waals surface area (Å²) in [6, 6.07) is -0.699. The van der Waals surface area contributed by atoms with Crippen molar-refractivity contribution in [3.05, 3.63) is 0 Å². The Bertz CT molecular complexity index is 405. The fraction of sp³-hybridized carbons (Fsp3) is 0.667. The smallest absolute Gasteiger partial charge is 0.325 e. The van der Waals surface area contributed by atoms with Gasteiger partial charge in [-0.25, -0.2) is 4.79 Å². The molecule has 0 atom stereocenters. The van der Waals surface area contributed by atoms with Crippen LogP contribution in [0.3, 0.4) is 0 Å². The van der Waals surface area contributed by atoms with Crippen LogP contribution in [0.4, 0.5) is 4.79 Å². The molecule has 0 spiro atoms. The van der Waals surface area contributed by atoms with Crippen LogP contribution in [0.15, 0.2) is 0 Å². The molecule has 0 aliphatic carbocycles. The average molecular weight is 285 g/mol. The molecule has 0 aromatic heterocycles. The molecule has 1 rings (SSSR count). The molecule has 0 saturated carbocycles. The van der Waals surface area contributed by atoms with Crippen LogP contribution in [0.1, 0.15) is 26.7 Å². The molecule has 0 unspecified atom stereocenters. The van der Waals surface area contributed by atoms with E-state index in [9.17, 15) is 19.2 Å². The predicted octanol–water partition coefficient (Wildman–Crippen LogP) is -0.360. The highest BCUT2D eigenvalue weighted by Gasteiger charge is 2.32. The number of nitrogens with zero attached hydrogens (tertiary/aromatic N) is 2. The zero-order valence-electron chi connectivity index (χ0n) is 11.6. The van der Waals surface area contributed by atoms with E-state index >= 15 is 0 Å². The van der Waals surface area contributed by atoms with E-state index in [-0.39, 0.29) is 38.0 Å². The van der Waals surface area contributed by atoms with Gasteiger partial charge in [-0.15, -0.1) is 0 Å². The topological polar surface area (TPSA) is 107 Å². The van der Waals surface area contributed by atoms with Gasteiger partial charge in [0.05, 0.1) is 6.54 Å². The minimum atomic E-state index is -0.921. The van der Waals surface area contributed by atoms with E-state index in [1.165, 1.54) is 4.90 Å². The Morgan fingerprint density at radius 3 is 2.50 bits per heavy atom. The first-order valence-electron chi connectivity index (χ1n) is 6.42. The lowest BCUT2D eigenvalue weighted by atomic mass is 10.2. The predicted molar refractivity (Wildman–Crippen MR) is 68.8 cm³/mol. The van der Waals surface area contributed by atoms with Gasteiger partial charge in [-0.2, -0.15) is 0 Å². The van der Waals surface area contributed by atoms with Crippen LogP contribution in [0.5, 0.6) is 0 Å². The number of carbonyl (C=O) groups excluding carboxylic acids is 3. The summed E-state index contributed by atoms with van der Waals surface area (Å²) >= 11 is 0. The monoisotopic (exact) mass is 285 g/mol. The number of imide groups is 1. The molecule has 0 bridgehead atoms. The molecule has 1 fully saturated rings. The quantitative estimate of drug-likeness (QED) is 0.621. The van der Waals surface area contributed by atoms with Gasteiger partial charge in [0.15, 0.2) is 0 Å². The normalized spacial score (nSPS) is 14.7. The minimum Gasteiger partial charge on any atom is -0.481 e. The summed E-state index contributed by atoms with van der Waals surface area (Å²) in [4.78, 5) is 47.7. The molecule has 1 heterocycles. The summed E-state index contributed by atoms with van der Waals surface area (Å²) in [6.07, 6.45) is 0.305. The first kappa shape index (κ1) is 15.9. The molecule has 4 amide bonds. The second-order valence-electron chi connectivity index (χ2n) is 4.82. The maximum Gasteiger partial charge on any atom is 0.325 e. The molecule has 8 nitrogen and oxygen atoms in total. The Kier molecular flexibility index (Phi) is 5.48. The van der Waals surface area contributed by atoms with Crippen molar-refractivity contribution in [3.8, 4) is 0 Å². The Labute approximate surface area is 116 Å². The van der Waals surface area contributed by atoms with E-state index in [1.807, 2.05) is 0 Å². The largest absolute Gasteiger partial charge is 0.481 e. The van der Waals surface area contributed by atoms with Gasteiger partial charge >= 0.3 is 12.0 Å². The van der Waals surface area contributed by atoms with Crippen molar-refractivity contribution >= 4 is 23.8 Å². The fourth-order valence-corrected chi connectivity index (χ4v) is 1.91. The lowest BCUT2D eigenvalue weighted by molar-refractivity contribution is -0.139. The van der Waals surface area contributed by atoms with Gasteiger partial charge in [-0.1, -0.05) is 0 Å². The van der Waals surface area contributed by atoms with Crippen molar-refractivity contribution in [1.82, 2.24) is 15.1 Å². The number of urea groups is 1. The Balaban J connectivity index is 2.57. The summed E-state index contributed by atoms with van der Waals surface area (Å²) in [5.74, 6) is -1.72. The van der Waals surface area contributed by atoms with Gasteiger partial charge in [-0.3, -0.25) is 19.3 Å². The highest BCUT2D eigenvalue weighted by atomic mass is 16.4. The summed E-state index contributed by atoms with van der Waals surface area (Å²) in [6.45, 7) is 3.48. The molecular weight excluding hydrogens is 266 g/mol. The maximum atomic E-state index is 12.1. The summed E-state index contributed by atoms with van der Waals surface area (Å²) < 4.78 is 0. The Morgan fingerprint density at radius 2 is 2.05 bits per heavy atom. The van der Waals surface area contributed by atoms with Crippen LogP contribution >= 0.6 is 0 Å². The van der Waals surface area contributed by atoms with E-state index in [2.05, 4.69) is 5.32 Å². The van der Waals surface area contributed by atoms with Crippen molar-refractivity contribution in [2.75, 3.05) is 19.6 Å². The lowest BCUT2D eigenvalue weighted by Crippen LogP contribution is -2.46. The molecule has 1 saturated heterocycles. The fourth-order valence-electron chi connectivity index (χ4n) is 1.91. The number of amides is 4. The molecule has 2 N–H and O–H groups in total. The van der Waals surface area contributed by atoms with Gasteiger partial charge < -0.3 is 15.3 Å². The number of rotatable bonds is 7. The van der Waals surface area contributed by atoms with Gasteiger partial charge in [0, 0.05) is 19.0 Å². The van der Waals surface area contributed by atoms with Crippen LogP contribution < -0.4 is 5.32 Å². The number of aliphatic carboxylic acids is 1. The van der Waals surface area contributed by atoms with Gasteiger partial charge in [0.1, 0.15) is 6.54 Å². The van der Waals surface area contributed by atoms with E-state index < -0.39 is 17.9 Å². The van der Waals surface area contributed by atoms with Crippen molar-refractivity contribution in [2.45, 2.75) is 32.7 Å². The second kappa shape index (κ2) is 6.88. The highest BCUT2D eigenvalue weighted by molar-refractivity contribution is 6.04. The third-order valence-electron chi connectivity index (χ3n) is 2.96. The molecule has 0 aromatic carbocycles. The lowest BCUT2D eigenvalue weighted by Gasteiger charge is -2.28.